The third kappa shape index (κ3) is 4.28. The van der Waals surface area contributed by atoms with Gasteiger partial charge in [-0.15, -0.1) is 0 Å². The van der Waals surface area contributed by atoms with Gasteiger partial charge in [-0.05, 0) is 30.9 Å². The number of ether oxygens (including phenoxy) is 2. The van der Waals surface area contributed by atoms with Crippen molar-refractivity contribution in [2.75, 3.05) is 40.0 Å². The summed E-state index contributed by atoms with van der Waals surface area (Å²) in [6, 6.07) is 3.53. The van der Waals surface area contributed by atoms with Crippen LogP contribution in [0.5, 0.6) is 0 Å². The number of hydrogen-bond donors (Lipinski definition) is 0. The fourth-order valence-corrected chi connectivity index (χ4v) is 2.37. The molecule has 1 saturated heterocycles. The van der Waals surface area contributed by atoms with Crippen LogP contribution in [0.2, 0.25) is 0 Å². The van der Waals surface area contributed by atoms with E-state index in [-0.39, 0.29) is 5.91 Å². The largest absolute Gasteiger partial charge is 0.382 e. The number of amides is 1. The number of aromatic nitrogens is 1. The maximum Gasteiger partial charge on any atom is 0.253 e. The highest BCUT2D eigenvalue weighted by Crippen LogP contribution is 2.19. The quantitative estimate of drug-likeness (QED) is 0.742. The highest BCUT2D eigenvalue weighted by Gasteiger charge is 2.23. The molecule has 1 aliphatic rings. The molecule has 1 fully saturated rings. The van der Waals surface area contributed by atoms with Crippen LogP contribution in [0.4, 0.5) is 0 Å². The van der Waals surface area contributed by atoms with Crippen LogP contribution >= 0.6 is 0 Å². The Hall–Kier alpha value is -1.46. The standard InChI is InChI=1S/C15H22N2O3/c1-19-10-11-20-12-13-4-8-17(9-5-13)15(18)14-2-6-16-7-3-14/h2-3,6-7,13H,4-5,8-12H2,1H3. The van der Waals surface area contributed by atoms with Crippen molar-refractivity contribution in [2.45, 2.75) is 12.8 Å². The summed E-state index contributed by atoms with van der Waals surface area (Å²) in [5, 5.41) is 0. The van der Waals surface area contributed by atoms with Crippen LogP contribution in [0, 0.1) is 5.92 Å². The molecule has 110 valence electrons. The Morgan fingerprint density at radius 2 is 2.00 bits per heavy atom. The molecule has 1 aromatic rings. The molecule has 0 aliphatic carbocycles. The Kier molecular flexibility index (Phi) is 5.95. The van der Waals surface area contributed by atoms with Crippen LogP contribution in [-0.4, -0.2) is 55.8 Å². The number of rotatable bonds is 6. The molecule has 1 aliphatic heterocycles. The van der Waals surface area contributed by atoms with Gasteiger partial charge in [0.05, 0.1) is 13.2 Å². The molecule has 0 bridgehead atoms. The van der Waals surface area contributed by atoms with Crippen LogP contribution in [0.15, 0.2) is 24.5 Å². The van der Waals surface area contributed by atoms with Crippen LogP contribution in [0.3, 0.4) is 0 Å². The van der Waals surface area contributed by atoms with Crippen molar-refractivity contribution in [1.82, 2.24) is 9.88 Å². The fraction of sp³-hybridized carbons (Fsp3) is 0.600. The second kappa shape index (κ2) is 7.97. The fourth-order valence-electron chi connectivity index (χ4n) is 2.37. The number of nitrogens with zero attached hydrogens (tertiary/aromatic N) is 2. The molecule has 0 atom stereocenters. The van der Waals surface area contributed by atoms with Gasteiger partial charge < -0.3 is 14.4 Å². The topological polar surface area (TPSA) is 51.7 Å². The van der Waals surface area contributed by atoms with Crippen LogP contribution in [-0.2, 0) is 9.47 Å². The van der Waals surface area contributed by atoms with Crippen molar-refractivity contribution in [2.24, 2.45) is 5.92 Å². The second-order valence-electron chi connectivity index (χ2n) is 5.04. The first-order valence-corrected chi connectivity index (χ1v) is 7.07. The van der Waals surface area contributed by atoms with E-state index in [1.54, 1.807) is 31.6 Å². The predicted molar refractivity (Wildman–Crippen MR) is 75.6 cm³/mol. The SMILES string of the molecule is COCCOCC1CCN(C(=O)c2ccncc2)CC1. The summed E-state index contributed by atoms with van der Waals surface area (Å²) in [4.78, 5) is 18.1. The highest BCUT2D eigenvalue weighted by atomic mass is 16.5. The Balaban J connectivity index is 1.73. The lowest BCUT2D eigenvalue weighted by atomic mass is 9.97. The van der Waals surface area contributed by atoms with Gasteiger partial charge in [-0.25, -0.2) is 0 Å². The molecule has 5 nitrogen and oxygen atoms in total. The molecule has 20 heavy (non-hydrogen) atoms. The average molecular weight is 278 g/mol. The van der Waals surface area contributed by atoms with Gasteiger partial charge in [-0.3, -0.25) is 9.78 Å². The van der Waals surface area contributed by atoms with E-state index in [9.17, 15) is 4.79 Å². The Labute approximate surface area is 119 Å². The molecule has 1 amide bonds. The lowest BCUT2D eigenvalue weighted by Crippen LogP contribution is -2.39. The lowest BCUT2D eigenvalue weighted by molar-refractivity contribution is 0.0327. The van der Waals surface area contributed by atoms with Crippen LogP contribution in [0.1, 0.15) is 23.2 Å². The zero-order chi connectivity index (χ0) is 14.2. The van der Waals surface area contributed by atoms with Crippen LogP contribution < -0.4 is 0 Å². The minimum atomic E-state index is 0.103. The van der Waals surface area contributed by atoms with Crippen molar-refractivity contribution in [1.29, 1.82) is 0 Å². The number of hydrogen-bond acceptors (Lipinski definition) is 4. The molecule has 5 heteroatoms. The van der Waals surface area contributed by atoms with E-state index in [4.69, 9.17) is 9.47 Å². The summed E-state index contributed by atoms with van der Waals surface area (Å²) in [6.07, 6.45) is 5.32. The Morgan fingerprint density at radius 3 is 2.65 bits per heavy atom. The lowest BCUT2D eigenvalue weighted by Gasteiger charge is -2.31. The molecule has 0 saturated carbocycles. The molecule has 2 heterocycles. The molecule has 0 N–H and O–H groups in total. The van der Waals surface area contributed by atoms with Crippen molar-refractivity contribution < 1.29 is 14.3 Å². The minimum absolute atomic E-state index is 0.103. The monoisotopic (exact) mass is 278 g/mol. The third-order valence-electron chi connectivity index (χ3n) is 3.61. The second-order valence-corrected chi connectivity index (χ2v) is 5.04. The summed E-state index contributed by atoms with van der Waals surface area (Å²) in [5.74, 6) is 0.652. The first-order valence-electron chi connectivity index (χ1n) is 7.07. The molecule has 0 unspecified atom stereocenters. The summed E-state index contributed by atoms with van der Waals surface area (Å²) in [7, 11) is 1.67. The van der Waals surface area contributed by atoms with Gasteiger partial charge in [0, 0.05) is 44.8 Å². The molecule has 0 spiro atoms. The highest BCUT2D eigenvalue weighted by molar-refractivity contribution is 5.94. The van der Waals surface area contributed by atoms with Gasteiger partial charge in [-0.1, -0.05) is 0 Å². The smallest absolute Gasteiger partial charge is 0.253 e. The molecule has 2 rings (SSSR count). The van der Waals surface area contributed by atoms with E-state index in [2.05, 4.69) is 4.98 Å². The zero-order valence-electron chi connectivity index (χ0n) is 12.0. The number of likely N-dealkylation sites (tertiary alicyclic amines) is 1. The van der Waals surface area contributed by atoms with Crippen molar-refractivity contribution in [3.8, 4) is 0 Å². The molecular formula is C15H22N2O3. The molecular weight excluding hydrogens is 256 g/mol. The van der Waals surface area contributed by atoms with Gasteiger partial charge in [0.2, 0.25) is 0 Å². The van der Waals surface area contributed by atoms with Crippen LogP contribution in [0.25, 0.3) is 0 Å². The summed E-state index contributed by atoms with van der Waals surface area (Å²) in [6.45, 7) is 3.66. The Bertz CT molecular complexity index is 403. The van der Waals surface area contributed by atoms with E-state index in [0.717, 1.165) is 38.1 Å². The van der Waals surface area contributed by atoms with E-state index < -0.39 is 0 Å². The first kappa shape index (κ1) is 14.9. The molecule has 0 radical (unpaired) electrons. The normalized spacial score (nSPS) is 16.4. The maximum absolute atomic E-state index is 12.3. The van der Waals surface area contributed by atoms with Gasteiger partial charge in [0.1, 0.15) is 0 Å². The molecule has 0 aromatic carbocycles. The summed E-state index contributed by atoms with van der Waals surface area (Å²) < 4.78 is 10.5. The third-order valence-corrected chi connectivity index (χ3v) is 3.61. The minimum Gasteiger partial charge on any atom is -0.382 e. The van der Waals surface area contributed by atoms with Crippen molar-refractivity contribution in [3.05, 3.63) is 30.1 Å². The summed E-state index contributed by atoms with van der Waals surface area (Å²) >= 11 is 0. The van der Waals surface area contributed by atoms with Crippen molar-refractivity contribution in [3.63, 3.8) is 0 Å². The number of piperidine rings is 1. The van der Waals surface area contributed by atoms with Gasteiger partial charge >= 0.3 is 0 Å². The number of carbonyl (C=O) groups excluding carboxylic acids is 1. The number of methoxy groups -OCH3 is 1. The average Bonchev–Trinajstić information content (AvgIpc) is 2.52. The van der Waals surface area contributed by atoms with Crippen molar-refractivity contribution >= 4 is 5.91 Å². The van der Waals surface area contributed by atoms with Gasteiger partial charge in [0.25, 0.3) is 5.91 Å². The first-order chi connectivity index (χ1) is 9.81. The Morgan fingerprint density at radius 1 is 1.30 bits per heavy atom. The zero-order valence-corrected chi connectivity index (χ0v) is 12.0. The predicted octanol–water partition coefficient (Wildman–Crippen LogP) is 1.60. The van der Waals surface area contributed by atoms with E-state index in [1.165, 1.54) is 0 Å². The molecule has 1 aromatic heterocycles. The number of pyridine rings is 1. The maximum atomic E-state index is 12.3. The number of carbonyl (C=O) groups is 1. The van der Waals surface area contributed by atoms with Gasteiger partial charge in [0.15, 0.2) is 0 Å². The van der Waals surface area contributed by atoms with E-state index in [0.29, 0.717) is 19.1 Å². The van der Waals surface area contributed by atoms with E-state index >= 15 is 0 Å². The van der Waals surface area contributed by atoms with E-state index in [1.807, 2.05) is 4.90 Å². The van der Waals surface area contributed by atoms with Gasteiger partial charge in [-0.2, -0.15) is 0 Å². The summed E-state index contributed by atoms with van der Waals surface area (Å²) in [5.41, 5.74) is 0.717.